The predicted octanol–water partition coefficient (Wildman–Crippen LogP) is 3.72. The minimum absolute atomic E-state index is 0.00386. The Morgan fingerprint density at radius 3 is 2.30 bits per heavy atom. The van der Waals surface area contributed by atoms with Gasteiger partial charge in [-0.2, -0.15) is 0 Å². The molecule has 0 saturated carbocycles. The zero-order valence-corrected chi connectivity index (χ0v) is 16.1. The van der Waals surface area contributed by atoms with Crippen molar-refractivity contribution in [1.29, 1.82) is 0 Å². The first-order valence-corrected chi connectivity index (χ1v) is 10.2. The molecule has 27 heavy (non-hydrogen) atoms. The summed E-state index contributed by atoms with van der Waals surface area (Å²) in [5.41, 5.74) is 3.74. The second-order valence-corrected chi connectivity index (χ2v) is 7.54. The van der Waals surface area contributed by atoms with Gasteiger partial charge < -0.3 is 20.8 Å². The highest BCUT2D eigenvalue weighted by Crippen LogP contribution is 2.41. The molecule has 1 atom stereocenters. The van der Waals surface area contributed by atoms with Crippen LogP contribution in [0.15, 0.2) is 42.5 Å². The van der Waals surface area contributed by atoms with Gasteiger partial charge in [-0.25, -0.2) is 0 Å². The van der Waals surface area contributed by atoms with Crippen LogP contribution in [0, 0.1) is 0 Å². The lowest BCUT2D eigenvalue weighted by atomic mass is 9.77. The van der Waals surface area contributed by atoms with Crippen molar-refractivity contribution in [2.24, 2.45) is 0 Å². The molecule has 0 amide bonds. The summed E-state index contributed by atoms with van der Waals surface area (Å²) in [7, 11) is 0. The van der Waals surface area contributed by atoms with E-state index >= 15 is 0 Å². The summed E-state index contributed by atoms with van der Waals surface area (Å²) >= 11 is 0. The molecule has 4 nitrogen and oxygen atoms in total. The monoisotopic (exact) mass is 368 g/mol. The molecule has 0 aliphatic heterocycles. The first-order chi connectivity index (χ1) is 13.2. The maximum Gasteiger partial charge on any atom is 0.157 e. The van der Waals surface area contributed by atoms with Gasteiger partial charge in [0.25, 0.3) is 0 Å². The molecule has 4 heteroatoms. The van der Waals surface area contributed by atoms with E-state index in [9.17, 15) is 10.2 Å². The van der Waals surface area contributed by atoms with Gasteiger partial charge in [-0.15, -0.1) is 0 Å². The molecule has 0 heterocycles. The molecular weight excluding hydrogens is 336 g/mol. The Balaban J connectivity index is 1.14. The van der Waals surface area contributed by atoms with Crippen molar-refractivity contribution in [2.75, 3.05) is 26.2 Å². The third-order valence-electron chi connectivity index (χ3n) is 5.42. The summed E-state index contributed by atoms with van der Waals surface area (Å²) in [6, 6.07) is 14.0. The van der Waals surface area contributed by atoms with Crippen LogP contribution in [-0.2, 0) is 12.8 Å². The summed E-state index contributed by atoms with van der Waals surface area (Å²) < 4.78 is 0. The lowest BCUT2D eigenvalue weighted by molar-refractivity contribution is 0.398. The fourth-order valence-corrected chi connectivity index (χ4v) is 3.75. The number of fused-ring (bicyclic) bond motifs is 1. The van der Waals surface area contributed by atoms with Crippen LogP contribution in [0.5, 0.6) is 11.5 Å². The van der Waals surface area contributed by atoms with Crippen LogP contribution in [0.25, 0.3) is 0 Å². The Labute approximate surface area is 162 Å². The number of hydrogen-bond donors (Lipinski definition) is 4. The number of phenolic OH excluding ortho intramolecular Hbond substituents is 2. The van der Waals surface area contributed by atoms with Gasteiger partial charge in [0.2, 0.25) is 0 Å². The Morgan fingerprint density at radius 2 is 1.52 bits per heavy atom. The van der Waals surface area contributed by atoms with Crippen molar-refractivity contribution in [3.05, 3.63) is 59.2 Å². The number of unbranched alkanes of at least 4 members (excludes halogenated alkanes) is 3. The number of nitrogens with one attached hydrogen (secondary N) is 2. The zero-order chi connectivity index (χ0) is 18.9. The molecule has 2 aromatic carbocycles. The van der Waals surface area contributed by atoms with Crippen molar-refractivity contribution in [1.82, 2.24) is 10.6 Å². The minimum atomic E-state index is -0.00489. The Morgan fingerprint density at radius 1 is 0.815 bits per heavy atom. The third kappa shape index (κ3) is 5.98. The van der Waals surface area contributed by atoms with E-state index in [1.165, 1.54) is 36.8 Å². The zero-order valence-electron chi connectivity index (χ0n) is 16.1. The van der Waals surface area contributed by atoms with Crippen LogP contribution in [0.2, 0.25) is 0 Å². The summed E-state index contributed by atoms with van der Waals surface area (Å²) in [5.74, 6) is 0.464. The SMILES string of the molecule is Oc1cc2c(cc1O)C(CNCCCCCCNCCc1ccccc1)C2. The van der Waals surface area contributed by atoms with Crippen LogP contribution in [0.3, 0.4) is 0 Å². The normalized spacial score (nSPS) is 15.3. The van der Waals surface area contributed by atoms with Crippen LogP contribution < -0.4 is 10.6 Å². The standard InChI is InChI=1S/C23H32N2O2/c26-22-15-19-14-20(21(19)16-23(22)27)17-25-12-7-2-1-6-11-24-13-10-18-8-4-3-5-9-18/h3-5,8-9,15-16,20,24-27H,1-2,6-7,10-14,17H2. The topological polar surface area (TPSA) is 64.5 Å². The molecule has 0 aromatic heterocycles. The summed E-state index contributed by atoms with van der Waals surface area (Å²) in [6.07, 6.45) is 7.10. The molecule has 2 aromatic rings. The average molecular weight is 369 g/mol. The summed E-state index contributed by atoms with van der Waals surface area (Å²) in [6.45, 7) is 4.17. The van der Waals surface area contributed by atoms with Gasteiger partial charge >= 0.3 is 0 Å². The molecule has 0 bridgehead atoms. The molecule has 1 unspecified atom stereocenters. The van der Waals surface area contributed by atoms with E-state index in [1.54, 1.807) is 12.1 Å². The molecule has 3 rings (SSSR count). The van der Waals surface area contributed by atoms with E-state index in [-0.39, 0.29) is 11.5 Å². The molecule has 1 aliphatic rings. The second-order valence-electron chi connectivity index (χ2n) is 7.54. The van der Waals surface area contributed by atoms with Crippen LogP contribution >= 0.6 is 0 Å². The molecule has 4 N–H and O–H groups in total. The maximum atomic E-state index is 9.60. The number of hydrogen-bond acceptors (Lipinski definition) is 4. The van der Waals surface area contributed by atoms with Crippen molar-refractivity contribution in [3.8, 4) is 11.5 Å². The van der Waals surface area contributed by atoms with E-state index in [1.807, 2.05) is 0 Å². The number of aromatic hydroxyl groups is 2. The Kier molecular flexibility index (Phi) is 7.55. The molecular formula is C23H32N2O2. The highest BCUT2D eigenvalue weighted by molar-refractivity contribution is 5.51. The highest BCUT2D eigenvalue weighted by Gasteiger charge is 2.27. The number of phenols is 2. The smallest absolute Gasteiger partial charge is 0.157 e. The Hall–Kier alpha value is -2.04. The van der Waals surface area contributed by atoms with Crippen molar-refractivity contribution in [2.45, 2.75) is 44.4 Å². The first-order valence-electron chi connectivity index (χ1n) is 10.2. The van der Waals surface area contributed by atoms with E-state index in [4.69, 9.17) is 0 Å². The first kappa shape index (κ1) is 19.7. The van der Waals surface area contributed by atoms with Gasteiger partial charge in [0.05, 0.1) is 0 Å². The van der Waals surface area contributed by atoms with Crippen LogP contribution in [0.1, 0.15) is 48.3 Å². The van der Waals surface area contributed by atoms with Crippen LogP contribution in [-0.4, -0.2) is 36.4 Å². The van der Waals surface area contributed by atoms with E-state index in [0.29, 0.717) is 5.92 Å². The van der Waals surface area contributed by atoms with Gasteiger partial charge in [-0.3, -0.25) is 0 Å². The highest BCUT2D eigenvalue weighted by atomic mass is 16.3. The van der Waals surface area contributed by atoms with Crippen molar-refractivity contribution < 1.29 is 10.2 Å². The van der Waals surface area contributed by atoms with Gasteiger partial charge in [0.1, 0.15) is 0 Å². The van der Waals surface area contributed by atoms with Crippen molar-refractivity contribution >= 4 is 0 Å². The third-order valence-corrected chi connectivity index (χ3v) is 5.42. The van der Waals surface area contributed by atoms with E-state index < -0.39 is 0 Å². The molecule has 0 saturated heterocycles. The second kappa shape index (κ2) is 10.3. The van der Waals surface area contributed by atoms with Gasteiger partial charge in [-0.05, 0) is 74.1 Å². The average Bonchev–Trinajstić information content (AvgIpc) is 2.68. The molecule has 146 valence electrons. The summed E-state index contributed by atoms with van der Waals surface area (Å²) in [4.78, 5) is 0. The largest absolute Gasteiger partial charge is 0.504 e. The predicted molar refractivity (Wildman–Crippen MR) is 111 cm³/mol. The van der Waals surface area contributed by atoms with Gasteiger partial charge in [-0.1, -0.05) is 43.2 Å². The molecule has 0 spiro atoms. The Bertz CT molecular complexity index is 703. The molecule has 1 aliphatic carbocycles. The van der Waals surface area contributed by atoms with E-state index in [2.05, 4.69) is 41.0 Å². The lowest BCUT2D eigenvalue weighted by Gasteiger charge is -2.30. The fraction of sp³-hybridized carbons (Fsp3) is 0.478. The summed E-state index contributed by atoms with van der Waals surface area (Å²) in [5, 5.41) is 26.2. The van der Waals surface area contributed by atoms with Crippen LogP contribution in [0.4, 0.5) is 0 Å². The number of rotatable bonds is 12. The lowest BCUT2D eigenvalue weighted by Crippen LogP contribution is -2.29. The van der Waals surface area contributed by atoms with Gasteiger partial charge in [0.15, 0.2) is 11.5 Å². The quantitative estimate of drug-likeness (QED) is 0.341. The van der Waals surface area contributed by atoms with Gasteiger partial charge in [0, 0.05) is 12.5 Å². The molecule has 0 radical (unpaired) electrons. The van der Waals surface area contributed by atoms with E-state index in [0.717, 1.165) is 44.6 Å². The number of benzene rings is 2. The van der Waals surface area contributed by atoms with Crippen molar-refractivity contribution in [3.63, 3.8) is 0 Å². The fourth-order valence-electron chi connectivity index (χ4n) is 3.75. The molecule has 0 fully saturated rings. The maximum absolute atomic E-state index is 9.60. The minimum Gasteiger partial charge on any atom is -0.504 e.